The molecule has 0 spiro atoms. The molecule has 4 rings (SSSR count). The van der Waals surface area contributed by atoms with Crippen LogP contribution in [-0.2, 0) is 4.79 Å². The highest BCUT2D eigenvalue weighted by molar-refractivity contribution is 5.82. The zero-order chi connectivity index (χ0) is 22.6. The summed E-state index contributed by atoms with van der Waals surface area (Å²) in [5.41, 5.74) is 2.87. The van der Waals surface area contributed by atoms with Crippen LogP contribution >= 0.6 is 0 Å². The minimum atomic E-state index is -4.77. The Kier molecular flexibility index (Phi) is 5.93. The van der Waals surface area contributed by atoms with Crippen LogP contribution in [-0.4, -0.2) is 22.2 Å². The van der Waals surface area contributed by atoms with Crippen molar-refractivity contribution in [2.24, 2.45) is 0 Å². The lowest BCUT2D eigenvalue weighted by atomic mass is 10.2. The van der Waals surface area contributed by atoms with Gasteiger partial charge in [-0.2, -0.15) is 0 Å². The SMILES string of the molecule is O=CC(Nc1ccc(OC(F)(F)F)cc1)n1c(C=Cc2ccccc2)nc2ccccc21. The Morgan fingerprint density at radius 3 is 2.28 bits per heavy atom. The molecule has 0 fully saturated rings. The smallest absolute Gasteiger partial charge is 0.406 e. The van der Waals surface area contributed by atoms with Crippen molar-refractivity contribution in [3.8, 4) is 5.75 Å². The Bertz CT molecular complexity index is 1230. The van der Waals surface area contributed by atoms with Gasteiger partial charge in [0.15, 0.2) is 12.5 Å². The Morgan fingerprint density at radius 1 is 0.906 bits per heavy atom. The van der Waals surface area contributed by atoms with Crippen LogP contribution in [0.5, 0.6) is 5.75 Å². The number of rotatable bonds is 7. The van der Waals surface area contributed by atoms with Crippen molar-refractivity contribution in [3.63, 3.8) is 0 Å². The standard InChI is InChI=1S/C24H18F3N3O2/c25-24(26,27)32-19-13-11-18(12-14-19)28-23(16-31)30-21-9-5-4-8-20(21)29-22(30)15-10-17-6-2-1-3-7-17/h1-16,23,28H. The second kappa shape index (κ2) is 8.97. The number of fused-ring (bicyclic) bond motifs is 1. The summed E-state index contributed by atoms with van der Waals surface area (Å²) in [4.78, 5) is 16.6. The number of alkyl halides is 3. The molecule has 0 radical (unpaired) electrons. The van der Waals surface area contributed by atoms with Crippen molar-refractivity contribution in [3.05, 3.63) is 90.3 Å². The number of nitrogens with one attached hydrogen (secondary N) is 1. The summed E-state index contributed by atoms with van der Waals surface area (Å²) in [7, 11) is 0. The molecular weight excluding hydrogens is 419 g/mol. The van der Waals surface area contributed by atoms with E-state index in [4.69, 9.17) is 0 Å². The summed E-state index contributed by atoms with van der Waals surface area (Å²) < 4.78 is 42.8. The van der Waals surface area contributed by atoms with Gasteiger partial charge < -0.3 is 10.1 Å². The number of ether oxygens (including phenoxy) is 1. The van der Waals surface area contributed by atoms with Crippen LogP contribution in [0.4, 0.5) is 18.9 Å². The minimum absolute atomic E-state index is 0.342. The number of carbonyl (C=O) groups excluding carboxylic acids is 1. The fourth-order valence-electron chi connectivity index (χ4n) is 3.29. The van der Waals surface area contributed by atoms with Crippen molar-refractivity contribution in [2.75, 3.05) is 5.32 Å². The maximum absolute atomic E-state index is 12.4. The Morgan fingerprint density at radius 2 is 1.59 bits per heavy atom. The predicted molar refractivity (Wildman–Crippen MR) is 117 cm³/mol. The Hall–Kier alpha value is -4.07. The van der Waals surface area contributed by atoms with E-state index in [0.717, 1.165) is 11.1 Å². The number of hydrogen-bond donors (Lipinski definition) is 1. The summed E-state index contributed by atoms with van der Waals surface area (Å²) in [6, 6.07) is 22.2. The highest BCUT2D eigenvalue weighted by atomic mass is 19.4. The second-order valence-corrected chi connectivity index (χ2v) is 6.87. The molecule has 1 heterocycles. The molecule has 0 saturated carbocycles. The van der Waals surface area contributed by atoms with E-state index in [1.807, 2.05) is 66.7 Å². The molecule has 1 atom stereocenters. The largest absolute Gasteiger partial charge is 0.573 e. The summed E-state index contributed by atoms with van der Waals surface area (Å²) in [5.74, 6) is 0.210. The molecule has 8 heteroatoms. The molecule has 5 nitrogen and oxygen atoms in total. The lowest BCUT2D eigenvalue weighted by molar-refractivity contribution is -0.274. The lowest BCUT2D eigenvalue weighted by Gasteiger charge is -2.18. The monoisotopic (exact) mass is 437 g/mol. The minimum Gasteiger partial charge on any atom is -0.406 e. The van der Waals surface area contributed by atoms with Crippen LogP contribution in [0.3, 0.4) is 0 Å². The molecule has 1 aromatic heterocycles. The van der Waals surface area contributed by atoms with Gasteiger partial charge in [0.1, 0.15) is 11.6 Å². The number of carbonyl (C=O) groups is 1. The molecule has 3 aromatic carbocycles. The number of nitrogens with zero attached hydrogens (tertiary/aromatic N) is 2. The molecule has 162 valence electrons. The quantitative estimate of drug-likeness (QED) is 0.365. The summed E-state index contributed by atoms with van der Waals surface area (Å²) in [6.07, 6.45) is -1.19. The number of para-hydroxylation sites is 2. The van der Waals surface area contributed by atoms with Crippen molar-refractivity contribution in [1.29, 1.82) is 0 Å². The van der Waals surface area contributed by atoms with Gasteiger partial charge in [-0.25, -0.2) is 4.98 Å². The van der Waals surface area contributed by atoms with Gasteiger partial charge >= 0.3 is 6.36 Å². The molecule has 0 aliphatic carbocycles. The van der Waals surface area contributed by atoms with E-state index in [9.17, 15) is 18.0 Å². The predicted octanol–water partition coefficient (Wildman–Crippen LogP) is 5.91. The summed E-state index contributed by atoms with van der Waals surface area (Å²) in [6.45, 7) is 0. The van der Waals surface area contributed by atoms with Crippen molar-refractivity contribution in [2.45, 2.75) is 12.5 Å². The number of imidazole rings is 1. The van der Waals surface area contributed by atoms with Crippen LogP contribution < -0.4 is 10.1 Å². The van der Waals surface area contributed by atoms with Crippen LogP contribution in [0.25, 0.3) is 23.2 Å². The van der Waals surface area contributed by atoms with Gasteiger partial charge in [-0.1, -0.05) is 48.5 Å². The number of benzene rings is 3. The molecule has 0 aliphatic heterocycles. The first-order valence-corrected chi connectivity index (χ1v) is 9.71. The molecule has 32 heavy (non-hydrogen) atoms. The molecule has 4 aromatic rings. The van der Waals surface area contributed by atoms with E-state index in [-0.39, 0.29) is 5.75 Å². The van der Waals surface area contributed by atoms with Crippen LogP contribution in [0.1, 0.15) is 17.6 Å². The van der Waals surface area contributed by atoms with E-state index < -0.39 is 12.5 Å². The first kappa shape index (κ1) is 21.2. The third kappa shape index (κ3) is 4.97. The fraction of sp³-hybridized carbons (Fsp3) is 0.0833. The Labute approximate surface area is 181 Å². The van der Waals surface area contributed by atoms with E-state index in [1.54, 1.807) is 4.57 Å². The van der Waals surface area contributed by atoms with Crippen molar-refractivity contribution >= 4 is 35.2 Å². The summed E-state index contributed by atoms with van der Waals surface area (Å²) in [5, 5.41) is 3.04. The third-order valence-electron chi connectivity index (χ3n) is 4.66. The highest BCUT2D eigenvalue weighted by Gasteiger charge is 2.31. The van der Waals surface area contributed by atoms with Crippen LogP contribution in [0.15, 0.2) is 78.9 Å². The molecule has 0 aliphatic rings. The zero-order valence-corrected chi connectivity index (χ0v) is 16.7. The van der Waals surface area contributed by atoms with Crippen molar-refractivity contribution < 1.29 is 22.7 Å². The Balaban J connectivity index is 1.66. The molecular formula is C24H18F3N3O2. The van der Waals surface area contributed by atoms with Crippen LogP contribution in [0.2, 0.25) is 0 Å². The van der Waals surface area contributed by atoms with Crippen LogP contribution in [0, 0.1) is 0 Å². The zero-order valence-electron chi connectivity index (χ0n) is 16.7. The maximum atomic E-state index is 12.4. The number of anilines is 1. The molecule has 0 amide bonds. The van der Waals surface area contributed by atoms with Gasteiger partial charge in [0.2, 0.25) is 0 Å². The van der Waals surface area contributed by atoms with Gasteiger partial charge in [-0.3, -0.25) is 9.36 Å². The van der Waals surface area contributed by atoms with E-state index in [1.165, 1.54) is 24.3 Å². The number of hydrogen-bond acceptors (Lipinski definition) is 4. The first-order chi connectivity index (χ1) is 15.4. The molecule has 1 unspecified atom stereocenters. The number of aldehydes is 1. The van der Waals surface area contributed by atoms with Gasteiger partial charge in [-0.15, -0.1) is 13.2 Å². The van der Waals surface area contributed by atoms with Gasteiger partial charge in [0.05, 0.1) is 11.0 Å². The average molecular weight is 437 g/mol. The number of aromatic nitrogens is 2. The topological polar surface area (TPSA) is 56.1 Å². The molecule has 0 saturated heterocycles. The van der Waals surface area contributed by atoms with Gasteiger partial charge in [0, 0.05) is 5.69 Å². The average Bonchev–Trinajstić information content (AvgIpc) is 3.15. The fourth-order valence-corrected chi connectivity index (χ4v) is 3.29. The molecule has 0 bridgehead atoms. The van der Waals surface area contributed by atoms with Gasteiger partial charge in [-0.05, 0) is 48.0 Å². The number of halogens is 3. The molecule has 1 N–H and O–H groups in total. The third-order valence-corrected chi connectivity index (χ3v) is 4.66. The van der Waals surface area contributed by atoms with E-state index >= 15 is 0 Å². The highest BCUT2D eigenvalue weighted by Crippen LogP contribution is 2.27. The maximum Gasteiger partial charge on any atom is 0.573 e. The second-order valence-electron chi connectivity index (χ2n) is 6.87. The normalized spacial score (nSPS) is 12.7. The van der Waals surface area contributed by atoms with Gasteiger partial charge in [0.25, 0.3) is 0 Å². The van der Waals surface area contributed by atoms with E-state index in [0.29, 0.717) is 23.3 Å². The first-order valence-electron chi connectivity index (χ1n) is 9.71. The van der Waals surface area contributed by atoms with E-state index in [2.05, 4.69) is 15.0 Å². The summed E-state index contributed by atoms with van der Waals surface area (Å²) >= 11 is 0. The lowest BCUT2D eigenvalue weighted by Crippen LogP contribution is -2.21. The van der Waals surface area contributed by atoms with Crippen molar-refractivity contribution in [1.82, 2.24) is 9.55 Å².